The molecule has 3 saturated heterocycles. The number of aliphatic hydroxyl groups excluding tert-OH is 11. The van der Waals surface area contributed by atoms with E-state index in [0.717, 1.165) is 0 Å². The second kappa shape index (κ2) is 14.0. The summed E-state index contributed by atoms with van der Waals surface area (Å²) in [6, 6.07) is 0. The van der Waals surface area contributed by atoms with Crippen LogP contribution in [0.4, 0.5) is 0 Å². The highest BCUT2D eigenvalue weighted by Crippen LogP contribution is 2.45. The lowest BCUT2D eigenvalue weighted by Gasteiger charge is -2.52. The van der Waals surface area contributed by atoms with Crippen LogP contribution < -0.4 is 0 Å². The molecule has 2 saturated carbocycles. The van der Waals surface area contributed by atoms with E-state index in [1.165, 1.54) is 0 Å². The summed E-state index contributed by atoms with van der Waals surface area (Å²) in [6.07, 6.45) is -19.5. The van der Waals surface area contributed by atoms with E-state index in [1.807, 2.05) is 0 Å². The summed E-state index contributed by atoms with van der Waals surface area (Å²) in [4.78, 5) is 0. The summed E-state index contributed by atoms with van der Waals surface area (Å²) < 4.78 is 29.9. The zero-order chi connectivity index (χ0) is 31.2. The lowest BCUT2D eigenvalue weighted by molar-refractivity contribution is -0.344. The molecule has 0 aromatic rings. The molecule has 3 heterocycles. The van der Waals surface area contributed by atoms with Gasteiger partial charge in [0.15, 0.2) is 12.6 Å². The molecule has 0 aromatic carbocycles. The summed E-state index contributed by atoms with van der Waals surface area (Å²) in [6.45, 7) is -1.30. The number of aliphatic hydroxyl groups is 11. The monoisotopic (exact) mass is 626 g/mol. The number of ether oxygens (including phenoxy) is 5. The molecule has 3 aliphatic heterocycles. The van der Waals surface area contributed by atoms with Gasteiger partial charge in [-0.2, -0.15) is 0 Å². The molecule has 11 N–H and O–H groups in total. The maximum Gasteiger partial charge on any atom is 0.187 e. The molecular weight excluding hydrogens is 580 g/mol. The molecule has 0 amide bonds. The minimum absolute atomic E-state index is 0.0886. The highest BCUT2D eigenvalue weighted by Gasteiger charge is 2.54. The SMILES string of the molecule is OC[C@@H]1O[C@H](OC2CC(O)CC3OC(C4CCC(O)C(O)C4)C(O[C@H]4O[C@@H](CO)[C@H](O)[C@H](O)[C@@H]4O)CC32)[C@@H](O)[C@@H](O)[C@H]1O. The predicted octanol–water partition coefficient (Wildman–Crippen LogP) is -5.19. The van der Waals surface area contributed by atoms with Gasteiger partial charge in [-0.15, -0.1) is 0 Å². The molecule has 0 bridgehead atoms. The van der Waals surface area contributed by atoms with Gasteiger partial charge >= 0.3 is 0 Å². The van der Waals surface area contributed by atoms with Crippen molar-refractivity contribution < 1.29 is 79.9 Å². The average Bonchev–Trinajstić information content (AvgIpc) is 2.98. The Bertz CT molecular complexity index is 895. The van der Waals surface area contributed by atoms with Crippen LogP contribution in [0.2, 0.25) is 0 Å². The van der Waals surface area contributed by atoms with E-state index in [2.05, 4.69) is 0 Å². The van der Waals surface area contributed by atoms with E-state index in [4.69, 9.17) is 23.7 Å². The van der Waals surface area contributed by atoms with Crippen molar-refractivity contribution in [3.63, 3.8) is 0 Å². The van der Waals surface area contributed by atoms with Gasteiger partial charge in [0.2, 0.25) is 0 Å². The molecule has 0 spiro atoms. The normalized spacial score (nSPS) is 54.6. The number of hydrogen-bond acceptors (Lipinski definition) is 16. The van der Waals surface area contributed by atoms with E-state index in [0.29, 0.717) is 12.8 Å². The number of rotatable bonds is 7. The Labute approximate surface area is 248 Å². The quantitative estimate of drug-likeness (QED) is 0.126. The molecule has 0 aromatic heterocycles. The Morgan fingerprint density at radius 1 is 0.535 bits per heavy atom. The van der Waals surface area contributed by atoms with Crippen molar-refractivity contribution in [2.45, 2.75) is 143 Å². The molecule has 5 fully saturated rings. The van der Waals surface area contributed by atoms with Gasteiger partial charge in [-0.25, -0.2) is 0 Å². The standard InChI is InChI=1S/C27H46O16/c28-7-17-19(33)21(35)23(37)26(42-17)40-15-5-10(30)4-14-11(15)6-16(25(39-14)9-1-2-12(31)13(32)3-9)41-27-24(38)22(36)20(34)18(8-29)43-27/h9-38H,1-8H2/t9?,10?,11?,12?,13?,14?,15?,16?,17-,18-,19-,20-,21-,22-,23-,24-,25?,26-,27-/m0/s1. The topological polar surface area (TPSA) is 269 Å². The van der Waals surface area contributed by atoms with E-state index in [1.54, 1.807) is 0 Å². The van der Waals surface area contributed by atoms with Gasteiger partial charge < -0.3 is 79.9 Å². The van der Waals surface area contributed by atoms with Crippen molar-refractivity contribution in [2.24, 2.45) is 11.8 Å². The summed E-state index contributed by atoms with van der Waals surface area (Å²) in [5.41, 5.74) is 0. The van der Waals surface area contributed by atoms with Crippen molar-refractivity contribution in [1.82, 2.24) is 0 Å². The molecule has 2 aliphatic carbocycles. The molecule has 9 unspecified atom stereocenters. The van der Waals surface area contributed by atoms with Crippen molar-refractivity contribution in [3.05, 3.63) is 0 Å². The minimum Gasteiger partial charge on any atom is -0.394 e. The second-order valence-electron chi connectivity index (χ2n) is 12.6. The first kappa shape index (κ1) is 33.7. The third-order valence-corrected chi connectivity index (χ3v) is 9.77. The van der Waals surface area contributed by atoms with Crippen LogP contribution in [0.15, 0.2) is 0 Å². The van der Waals surface area contributed by atoms with Gasteiger partial charge in [0.05, 0.1) is 55.9 Å². The largest absolute Gasteiger partial charge is 0.394 e. The van der Waals surface area contributed by atoms with Crippen LogP contribution in [0.25, 0.3) is 0 Å². The summed E-state index contributed by atoms with van der Waals surface area (Å²) in [5, 5.41) is 113. The Kier molecular flexibility index (Phi) is 11.0. The van der Waals surface area contributed by atoms with Crippen LogP contribution in [-0.4, -0.2) is 174 Å². The molecular formula is C27H46O16. The van der Waals surface area contributed by atoms with Crippen LogP contribution in [-0.2, 0) is 23.7 Å². The molecule has 16 nitrogen and oxygen atoms in total. The number of hydrogen-bond donors (Lipinski definition) is 11. The Morgan fingerprint density at radius 3 is 1.63 bits per heavy atom. The van der Waals surface area contributed by atoms with Gasteiger partial charge in [0, 0.05) is 12.3 Å². The van der Waals surface area contributed by atoms with Gasteiger partial charge in [0.25, 0.3) is 0 Å². The summed E-state index contributed by atoms with van der Waals surface area (Å²) in [7, 11) is 0. The zero-order valence-electron chi connectivity index (χ0n) is 23.6. The maximum atomic E-state index is 10.7. The lowest BCUT2D eigenvalue weighted by Crippen LogP contribution is -2.63. The molecule has 43 heavy (non-hydrogen) atoms. The summed E-state index contributed by atoms with van der Waals surface area (Å²) >= 11 is 0. The third-order valence-electron chi connectivity index (χ3n) is 9.77. The van der Waals surface area contributed by atoms with Crippen molar-refractivity contribution >= 4 is 0 Å². The van der Waals surface area contributed by atoms with Crippen LogP contribution >= 0.6 is 0 Å². The van der Waals surface area contributed by atoms with Gasteiger partial charge in [-0.1, -0.05) is 0 Å². The fraction of sp³-hybridized carbons (Fsp3) is 1.00. The Hall–Kier alpha value is -0.640. The fourth-order valence-corrected chi connectivity index (χ4v) is 7.24. The van der Waals surface area contributed by atoms with Crippen LogP contribution in [0.1, 0.15) is 38.5 Å². The first-order chi connectivity index (χ1) is 20.4. The predicted molar refractivity (Wildman–Crippen MR) is 139 cm³/mol. The Morgan fingerprint density at radius 2 is 1.09 bits per heavy atom. The molecule has 5 rings (SSSR count). The van der Waals surface area contributed by atoms with Gasteiger partial charge in [-0.05, 0) is 38.0 Å². The molecule has 5 aliphatic rings. The molecule has 250 valence electrons. The van der Waals surface area contributed by atoms with E-state index < -0.39 is 123 Å². The first-order valence-corrected chi connectivity index (χ1v) is 15.0. The zero-order valence-corrected chi connectivity index (χ0v) is 23.6. The van der Waals surface area contributed by atoms with Crippen LogP contribution in [0.3, 0.4) is 0 Å². The van der Waals surface area contributed by atoms with Crippen molar-refractivity contribution in [3.8, 4) is 0 Å². The maximum absolute atomic E-state index is 10.7. The average molecular weight is 627 g/mol. The second-order valence-corrected chi connectivity index (χ2v) is 12.6. The Balaban J connectivity index is 1.38. The minimum atomic E-state index is -1.68. The number of fused-ring (bicyclic) bond motifs is 1. The van der Waals surface area contributed by atoms with Gasteiger partial charge in [-0.3, -0.25) is 0 Å². The van der Waals surface area contributed by atoms with E-state index in [-0.39, 0.29) is 31.6 Å². The highest BCUT2D eigenvalue weighted by atomic mass is 16.7. The fourth-order valence-electron chi connectivity index (χ4n) is 7.24. The first-order valence-electron chi connectivity index (χ1n) is 15.0. The van der Waals surface area contributed by atoms with E-state index >= 15 is 0 Å². The van der Waals surface area contributed by atoms with Crippen molar-refractivity contribution in [1.29, 1.82) is 0 Å². The smallest absolute Gasteiger partial charge is 0.187 e. The van der Waals surface area contributed by atoms with Crippen LogP contribution in [0.5, 0.6) is 0 Å². The lowest BCUT2D eigenvalue weighted by atomic mass is 9.72. The van der Waals surface area contributed by atoms with E-state index in [9.17, 15) is 56.2 Å². The van der Waals surface area contributed by atoms with Crippen LogP contribution in [0, 0.1) is 11.8 Å². The molecule has 16 heteroatoms. The molecule has 0 radical (unpaired) electrons. The highest BCUT2D eigenvalue weighted by molar-refractivity contribution is 5.00. The third kappa shape index (κ3) is 6.90. The molecule has 19 atom stereocenters. The summed E-state index contributed by atoms with van der Waals surface area (Å²) in [5.74, 6) is -0.806. The van der Waals surface area contributed by atoms with Gasteiger partial charge in [0.1, 0.15) is 48.8 Å². The van der Waals surface area contributed by atoms with Crippen molar-refractivity contribution in [2.75, 3.05) is 13.2 Å².